The Balaban J connectivity index is 1.49. The molecule has 1 saturated heterocycles. The van der Waals surface area contributed by atoms with Crippen molar-refractivity contribution in [1.82, 2.24) is 9.88 Å². The minimum atomic E-state index is -0.353. The predicted molar refractivity (Wildman–Crippen MR) is 108 cm³/mol. The van der Waals surface area contributed by atoms with Crippen LogP contribution in [0.25, 0.3) is 0 Å². The molecular formula is C24H22F2N2O. The van der Waals surface area contributed by atoms with Crippen LogP contribution >= 0.6 is 0 Å². The van der Waals surface area contributed by atoms with Gasteiger partial charge in [0.05, 0.1) is 0 Å². The van der Waals surface area contributed by atoms with Crippen LogP contribution in [0, 0.1) is 11.6 Å². The molecule has 1 aromatic heterocycles. The molecule has 0 saturated carbocycles. The van der Waals surface area contributed by atoms with E-state index in [0.29, 0.717) is 30.6 Å². The molecule has 5 heteroatoms. The monoisotopic (exact) mass is 392 g/mol. The fraction of sp³-hybridized carbons (Fsp3) is 0.250. The van der Waals surface area contributed by atoms with Gasteiger partial charge in [-0.15, -0.1) is 0 Å². The van der Waals surface area contributed by atoms with Crippen LogP contribution in [-0.4, -0.2) is 28.9 Å². The molecule has 0 spiro atoms. The average Bonchev–Trinajstić information content (AvgIpc) is 2.76. The maximum atomic E-state index is 14.0. The topological polar surface area (TPSA) is 33.2 Å². The van der Waals surface area contributed by atoms with Gasteiger partial charge in [0.1, 0.15) is 11.6 Å². The van der Waals surface area contributed by atoms with Crippen molar-refractivity contribution < 1.29 is 13.6 Å². The summed E-state index contributed by atoms with van der Waals surface area (Å²) in [7, 11) is 0. The molecule has 29 heavy (non-hydrogen) atoms. The fourth-order valence-corrected chi connectivity index (χ4v) is 3.84. The molecule has 2 aromatic carbocycles. The van der Waals surface area contributed by atoms with Crippen molar-refractivity contribution in [1.29, 1.82) is 0 Å². The van der Waals surface area contributed by atoms with Gasteiger partial charge in [-0.3, -0.25) is 9.78 Å². The van der Waals surface area contributed by atoms with Crippen LogP contribution in [-0.2, 0) is 6.42 Å². The number of amides is 1. The van der Waals surface area contributed by atoms with Gasteiger partial charge < -0.3 is 4.90 Å². The maximum absolute atomic E-state index is 14.0. The Morgan fingerprint density at radius 3 is 2.59 bits per heavy atom. The van der Waals surface area contributed by atoms with Crippen molar-refractivity contribution in [2.75, 3.05) is 13.1 Å². The second-order valence-corrected chi connectivity index (χ2v) is 7.42. The van der Waals surface area contributed by atoms with Crippen LogP contribution in [0.15, 0.2) is 66.7 Å². The molecule has 4 rings (SSSR count). The summed E-state index contributed by atoms with van der Waals surface area (Å²) in [6.45, 7) is 1.26. The van der Waals surface area contributed by atoms with Gasteiger partial charge in [-0.25, -0.2) is 8.78 Å². The van der Waals surface area contributed by atoms with E-state index >= 15 is 0 Å². The van der Waals surface area contributed by atoms with Crippen LogP contribution in [0.3, 0.4) is 0 Å². The third-order valence-corrected chi connectivity index (χ3v) is 5.38. The Morgan fingerprint density at radius 1 is 1.00 bits per heavy atom. The zero-order chi connectivity index (χ0) is 20.2. The van der Waals surface area contributed by atoms with Crippen molar-refractivity contribution in [3.8, 4) is 0 Å². The zero-order valence-electron chi connectivity index (χ0n) is 16.0. The molecule has 0 unspecified atom stereocenters. The van der Waals surface area contributed by atoms with Crippen molar-refractivity contribution in [3.63, 3.8) is 0 Å². The Kier molecular flexibility index (Phi) is 5.65. The fourth-order valence-electron chi connectivity index (χ4n) is 3.84. The van der Waals surface area contributed by atoms with Crippen LogP contribution < -0.4 is 0 Å². The van der Waals surface area contributed by atoms with Crippen LogP contribution in [0.4, 0.5) is 8.78 Å². The molecule has 3 aromatic rings. The first-order chi connectivity index (χ1) is 14.1. The Hall–Kier alpha value is -3.08. The molecule has 1 amide bonds. The van der Waals surface area contributed by atoms with Gasteiger partial charge in [-0.2, -0.15) is 0 Å². The number of hydrogen-bond acceptors (Lipinski definition) is 2. The number of carbonyl (C=O) groups excluding carboxylic acids is 1. The number of aromatic nitrogens is 1. The summed E-state index contributed by atoms with van der Waals surface area (Å²) in [5, 5.41) is 0. The summed E-state index contributed by atoms with van der Waals surface area (Å²) in [5.41, 5.74) is 2.85. The lowest BCUT2D eigenvalue weighted by molar-refractivity contribution is 0.0706. The molecule has 1 aliphatic heterocycles. The summed E-state index contributed by atoms with van der Waals surface area (Å²) >= 11 is 0. The molecule has 1 aliphatic rings. The number of hydrogen-bond donors (Lipinski definition) is 0. The Morgan fingerprint density at radius 2 is 1.79 bits per heavy atom. The number of nitrogens with zero attached hydrogens (tertiary/aromatic N) is 2. The van der Waals surface area contributed by atoms with E-state index in [2.05, 4.69) is 0 Å². The highest BCUT2D eigenvalue weighted by Gasteiger charge is 2.26. The molecule has 0 N–H and O–H groups in total. The lowest BCUT2D eigenvalue weighted by Crippen LogP contribution is -2.39. The van der Waals surface area contributed by atoms with Gasteiger partial charge in [0.15, 0.2) is 0 Å². The van der Waals surface area contributed by atoms with E-state index in [-0.39, 0.29) is 23.5 Å². The highest BCUT2D eigenvalue weighted by atomic mass is 19.1. The number of halogens is 2. The van der Waals surface area contributed by atoms with Gasteiger partial charge in [0.25, 0.3) is 5.91 Å². The molecule has 1 atom stereocenters. The van der Waals surface area contributed by atoms with Crippen molar-refractivity contribution in [2.45, 2.75) is 25.2 Å². The van der Waals surface area contributed by atoms with Crippen LogP contribution in [0.2, 0.25) is 0 Å². The van der Waals surface area contributed by atoms with Crippen LogP contribution in [0.5, 0.6) is 0 Å². The first-order valence-corrected chi connectivity index (χ1v) is 9.84. The normalized spacial score (nSPS) is 16.6. The van der Waals surface area contributed by atoms with Crippen molar-refractivity contribution >= 4 is 5.91 Å². The number of piperidine rings is 1. The van der Waals surface area contributed by atoms with Crippen molar-refractivity contribution in [2.24, 2.45) is 0 Å². The SMILES string of the molecule is O=C(c1ccc(F)cc1)N1CCC[C@H](c2cccc(Cc3ccccc3F)n2)C1. The Labute approximate surface area is 169 Å². The standard InChI is InChI=1S/C24H22F2N2O/c25-20-12-10-17(11-13-20)24(29)28-14-4-6-19(16-28)23-9-3-7-21(27-23)15-18-5-1-2-8-22(18)26/h1-3,5,7-13,19H,4,6,14-16H2/t19-/m0/s1. The quantitative estimate of drug-likeness (QED) is 0.628. The number of benzene rings is 2. The summed E-state index contributed by atoms with van der Waals surface area (Å²) in [5.74, 6) is -0.534. The minimum absolute atomic E-state index is 0.0859. The first kappa shape index (κ1) is 19.2. The highest BCUT2D eigenvalue weighted by Crippen LogP contribution is 2.27. The second kappa shape index (κ2) is 8.52. The van der Waals surface area contributed by atoms with Gasteiger partial charge in [0, 0.05) is 42.4 Å². The van der Waals surface area contributed by atoms with Crippen LogP contribution in [0.1, 0.15) is 46.1 Å². The number of likely N-dealkylation sites (tertiary alicyclic amines) is 1. The first-order valence-electron chi connectivity index (χ1n) is 9.84. The van der Waals surface area contributed by atoms with E-state index in [9.17, 15) is 13.6 Å². The van der Waals surface area contributed by atoms with Gasteiger partial charge >= 0.3 is 0 Å². The molecular weight excluding hydrogens is 370 g/mol. The highest BCUT2D eigenvalue weighted by molar-refractivity contribution is 5.94. The lowest BCUT2D eigenvalue weighted by Gasteiger charge is -2.32. The summed E-state index contributed by atoms with van der Waals surface area (Å²) in [4.78, 5) is 19.3. The molecule has 148 valence electrons. The summed E-state index contributed by atoms with van der Waals surface area (Å²) in [6.07, 6.45) is 2.27. The average molecular weight is 392 g/mol. The number of pyridine rings is 1. The van der Waals surface area contributed by atoms with E-state index < -0.39 is 0 Å². The van der Waals surface area contributed by atoms with E-state index in [1.165, 1.54) is 30.3 Å². The Bertz CT molecular complexity index is 1000. The van der Waals surface area contributed by atoms with E-state index in [1.54, 1.807) is 12.1 Å². The molecule has 3 nitrogen and oxygen atoms in total. The van der Waals surface area contributed by atoms with E-state index in [0.717, 1.165) is 24.2 Å². The molecule has 2 heterocycles. The maximum Gasteiger partial charge on any atom is 0.253 e. The van der Waals surface area contributed by atoms with Gasteiger partial charge in [0.2, 0.25) is 0 Å². The second-order valence-electron chi connectivity index (χ2n) is 7.42. The van der Waals surface area contributed by atoms with E-state index in [4.69, 9.17) is 4.98 Å². The smallest absolute Gasteiger partial charge is 0.253 e. The summed E-state index contributed by atoms with van der Waals surface area (Å²) in [6, 6.07) is 18.2. The number of carbonyl (C=O) groups is 1. The third kappa shape index (κ3) is 4.50. The molecule has 0 bridgehead atoms. The van der Waals surface area contributed by atoms with Gasteiger partial charge in [-0.05, 0) is 60.9 Å². The number of rotatable bonds is 4. The third-order valence-electron chi connectivity index (χ3n) is 5.38. The minimum Gasteiger partial charge on any atom is -0.338 e. The van der Waals surface area contributed by atoms with Crippen molar-refractivity contribution in [3.05, 3.63) is 101 Å². The predicted octanol–water partition coefficient (Wildman–Crippen LogP) is 4.97. The molecule has 0 radical (unpaired) electrons. The zero-order valence-corrected chi connectivity index (χ0v) is 16.0. The largest absolute Gasteiger partial charge is 0.338 e. The van der Waals surface area contributed by atoms with E-state index in [1.807, 2.05) is 29.2 Å². The molecule has 1 fully saturated rings. The summed E-state index contributed by atoms with van der Waals surface area (Å²) < 4.78 is 27.1. The van der Waals surface area contributed by atoms with Gasteiger partial charge in [-0.1, -0.05) is 24.3 Å². The lowest BCUT2D eigenvalue weighted by atomic mass is 9.93. The molecule has 0 aliphatic carbocycles.